The first-order chi connectivity index (χ1) is 15.1. The van der Waals surface area contributed by atoms with E-state index in [1.807, 2.05) is 17.5 Å². The van der Waals surface area contributed by atoms with E-state index in [0.717, 1.165) is 29.9 Å². The molecule has 1 aliphatic heterocycles. The van der Waals surface area contributed by atoms with Gasteiger partial charge in [-0.05, 0) is 30.4 Å². The molecule has 6 nitrogen and oxygen atoms in total. The molecule has 2 heterocycles. The summed E-state index contributed by atoms with van der Waals surface area (Å²) in [4.78, 5) is 28.7. The number of amides is 2. The third-order valence-corrected chi connectivity index (χ3v) is 6.81. The molecular weight excluding hydrogens is 417 g/mol. The fraction of sp³-hybridized carbons (Fsp3) is 0.435. The third-order valence-electron chi connectivity index (χ3n) is 5.89. The topological polar surface area (TPSA) is 62.2 Å². The Balaban J connectivity index is 1.58. The summed E-state index contributed by atoms with van der Waals surface area (Å²) in [5.41, 5.74) is 1.19. The number of benzene rings is 1. The number of halogens is 1. The Bertz CT molecular complexity index is 959. The van der Waals surface area contributed by atoms with Gasteiger partial charge in [-0.3, -0.25) is 9.59 Å². The van der Waals surface area contributed by atoms with Gasteiger partial charge in [-0.15, -0.1) is 11.3 Å². The predicted molar refractivity (Wildman–Crippen MR) is 117 cm³/mol. The Labute approximate surface area is 185 Å². The average Bonchev–Trinajstić information content (AvgIpc) is 3.39. The lowest BCUT2D eigenvalue weighted by molar-refractivity contribution is -0.146. The molecule has 1 saturated carbocycles. The molecular formula is C23H26FN3O3S. The Morgan fingerprint density at radius 2 is 2.06 bits per heavy atom. The summed E-state index contributed by atoms with van der Waals surface area (Å²) in [7, 11) is 1.57. The first-order valence-electron chi connectivity index (χ1n) is 10.5. The summed E-state index contributed by atoms with van der Waals surface area (Å²) in [6, 6.07) is 9.81. The summed E-state index contributed by atoms with van der Waals surface area (Å²) in [5.74, 6) is -0.713. The van der Waals surface area contributed by atoms with E-state index >= 15 is 0 Å². The number of hydrazone groups is 1. The van der Waals surface area contributed by atoms with E-state index in [0.29, 0.717) is 25.1 Å². The van der Waals surface area contributed by atoms with Crippen LogP contribution in [0.25, 0.3) is 0 Å². The molecule has 0 unspecified atom stereocenters. The molecule has 4 rings (SSSR count). The van der Waals surface area contributed by atoms with Crippen LogP contribution in [0, 0.1) is 11.7 Å². The van der Waals surface area contributed by atoms with E-state index in [1.165, 1.54) is 22.4 Å². The van der Waals surface area contributed by atoms with Crippen LogP contribution >= 0.6 is 11.3 Å². The minimum Gasteiger partial charge on any atom is -0.383 e. The lowest BCUT2D eigenvalue weighted by Crippen LogP contribution is -2.46. The van der Waals surface area contributed by atoms with Crippen LogP contribution in [0.2, 0.25) is 0 Å². The number of hydrogen-bond acceptors (Lipinski definition) is 5. The number of carbonyl (C=O) groups excluding carboxylic acids is 2. The molecule has 164 valence electrons. The Hall–Kier alpha value is -2.58. The number of carbonyl (C=O) groups is 2. The van der Waals surface area contributed by atoms with Crippen LogP contribution in [0.4, 0.5) is 4.39 Å². The highest BCUT2D eigenvalue weighted by Gasteiger charge is 2.37. The van der Waals surface area contributed by atoms with Crippen molar-refractivity contribution < 1.29 is 18.7 Å². The minimum atomic E-state index is -0.533. The van der Waals surface area contributed by atoms with Crippen molar-refractivity contribution in [1.82, 2.24) is 9.91 Å². The van der Waals surface area contributed by atoms with E-state index in [-0.39, 0.29) is 30.1 Å². The largest absolute Gasteiger partial charge is 0.383 e. The van der Waals surface area contributed by atoms with Crippen molar-refractivity contribution >= 4 is 28.9 Å². The van der Waals surface area contributed by atoms with Crippen molar-refractivity contribution in [2.75, 3.05) is 26.8 Å². The third kappa shape index (κ3) is 4.70. The lowest BCUT2D eigenvalue weighted by atomic mass is 9.84. The number of thiophene rings is 1. The smallest absolute Gasteiger partial charge is 0.262 e. The number of ether oxygens (including phenoxy) is 1. The summed E-state index contributed by atoms with van der Waals surface area (Å²) in [5, 5.41) is 7.89. The summed E-state index contributed by atoms with van der Waals surface area (Å²) in [6.07, 6.45) is 3.19. The van der Waals surface area contributed by atoms with E-state index in [9.17, 15) is 14.0 Å². The number of rotatable bonds is 8. The van der Waals surface area contributed by atoms with Crippen molar-refractivity contribution in [1.29, 1.82) is 0 Å². The molecule has 2 aromatic rings. The molecule has 0 N–H and O–H groups in total. The van der Waals surface area contributed by atoms with Gasteiger partial charge in [-0.1, -0.05) is 30.7 Å². The zero-order valence-corrected chi connectivity index (χ0v) is 18.3. The van der Waals surface area contributed by atoms with Crippen LogP contribution in [0.15, 0.2) is 46.9 Å². The van der Waals surface area contributed by atoms with E-state index in [4.69, 9.17) is 4.74 Å². The normalized spacial score (nSPS) is 18.6. The Kier molecular flexibility index (Phi) is 6.77. The number of methoxy groups -OCH3 is 1. The van der Waals surface area contributed by atoms with E-state index in [1.54, 1.807) is 30.2 Å². The maximum absolute atomic E-state index is 14.6. The molecule has 2 amide bonds. The van der Waals surface area contributed by atoms with Crippen molar-refractivity contribution in [3.05, 3.63) is 58.0 Å². The summed E-state index contributed by atoms with van der Waals surface area (Å²) >= 11 is 1.54. The van der Waals surface area contributed by atoms with Crippen LogP contribution < -0.4 is 0 Å². The zero-order chi connectivity index (χ0) is 21.8. The Morgan fingerprint density at radius 3 is 2.71 bits per heavy atom. The van der Waals surface area contributed by atoms with Crippen molar-refractivity contribution in [3.63, 3.8) is 0 Å². The van der Waals surface area contributed by atoms with Crippen LogP contribution in [0.3, 0.4) is 0 Å². The van der Waals surface area contributed by atoms with Gasteiger partial charge in [0, 0.05) is 31.6 Å². The molecule has 0 radical (unpaired) electrons. The summed E-state index contributed by atoms with van der Waals surface area (Å²) in [6.45, 7) is 0.605. The van der Waals surface area contributed by atoms with Gasteiger partial charge in [0.15, 0.2) is 0 Å². The molecule has 2 aliphatic rings. The molecule has 0 saturated heterocycles. The average molecular weight is 444 g/mol. The molecule has 1 atom stereocenters. The number of nitrogens with zero attached hydrogens (tertiary/aromatic N) is 3. The maximum atomic E-state index is 14.6. The second-order valence-electron chi connectivity index (χ2n) is 7.88. The van der Waals surface area contributed by atoms with Gasteiger partial charge >= 0.3 is 0 Å². The van der Waals surface area contributed by atoms with Gasteiger partial charge in [-0.25, -0.2) is 9.40 Å². The van der Waals surface area contributed by atoms with Crippen LogP contribution in [-0.4, -0.2) is 54.2 Å². The molecule has 0 bridgehead atoms. The van der Waals surface area contributed by atoms with Gasteiger partial charge in [0.05, 0.1) is 23.2 Å². The monoisotopic (exact) mass is 443 g/mol. The highest BCUT2D eigenvalue weighted by Crippen LogP contribution is 2.35. The molecule has 31 heavy (non-hydrogen) atoms. The van der Waals surface area contributed by atoms with Gasteiger partial charge in [-0.2, -0.15) is 5.10 Å². The van der Waals surface area contributed by atoms with Crippen molar-refractivity contribution in [2.24, 2.45) is 11.0 Å². The molecule has 0 spiro atoms. The second-order valence-corrected chi connectivity index (χ2v) is 8.83. The van der Waals surface area contributed by atoms with Crippen LogP contribution in [0.5, 0.6) is 0 Å². The fourth-order valence-electron chi connectivity index (χ4n) is 3.94. The molecule has 1 aliphatic carbocycles. The number of hydrogen-bond donors (Lipinski definition) is 0. The lowest BCUT2D eigenvalue weighted by Gasteiger charge is -2.32. The zero-order valence-electron chi connectivity index (χ0n) is 17.5. The molecule has 1 fully saturated rings. The van der Waals surface area contributed by atoms with Gasteiger partial charge < -0.3 is 9.64 Å². The van der Waals surface area contributed by atoms with Gasteiger partial charge in [0.1, 0.15) is 12.4 Å². The molecule has 8 heteroatoms. The van der Waals surface area contributed by atoms with Crippen molar-refractivity contribution in [3.8, 4) is 0 Å². The first kappa shape index (κ1) is 21.6. The fourth-order valence-corrected chi connectivity index (χ4v) is 4.66. The van der Waals surface area contributed by atoms with Crippen LogP contribution in [-0.2, 0) is 14.3 Å². The Morgan fingerprint density at radius 1 is 1.26 bits per heavy atom. The maximum Gasteiger partial charge on any atom is 0.262 e. The molecule has 1 aromatic heterocycles. The predicted octanol–water partition coefficient (Wildman–Crippen LogP) is 3.84. The first-order valence-corrected chi connectivity index (χ1v) is 11.4. The highest BCUT2D eigenvalue weighted by molar-refractivity contribution is 7.12. The SMILES string of the molecule is COCCN(CC(=O)N1N=C(c2cccs2)C[C@H]1c1ccccc1F)C(=O)C1CCC1. The van der Waals surface area contributed by atoms with E-state index < -0.39 is 6.04 Å². The second kappa shape index (κ2) is 9.70. The minimum absolute atomic E-state index is 0.0132. The van der Waals surface area contributed by atoms with Gasteiger partial charge in [0.2, 0.25) is 5.91 Å². The van der Waals surface area contributed by atoms with Crippen molar-refractivity contribution in [2.45, 2.75) is 31.7 Å². The molecule has 1 aromatic carbocycles. The van der Waals surface area contributed by atoms with E-state index in [2.05, 4.69) is 5.10 Å². The van der Waals surface area contributed by atoms with Gasteiger partial charge in [0.25, 0.3) is 5.91 Å². The van der Waals surface area contributed by atoms with Crippen LogP contribution in [0.1, 0.15) is 42.2 Å². The summed E-state index contributed by atoms with van der Waals surface area (Å²) < 4.78 is 19.7. The highest BCUT2D eigenvalue weighted by atomic mass is 32.1. The standard InChI is InChI=1S/C23H26FN3O3S/c1-30-12-11-26(23(29)16-6-4-7-16)15-22(28)27-20(17-8-2-3-9-18(17)24)14-19(25-27)21-10-5-13-31-21/h2-3,5,8-10,13,16,20H,4,6-7,11-12,14-15H2,1H3/t20-/m0/s1. The quantitative estimate of drug-likeness (QED) is 0.623.